The number of rotatable bonds is 3. The first kappa shape index (κ1) is 12.7. The predicted molar refractivity (Wildman–Crippen MR) is 58.5 cm³/mol. The van der Waals surface area contributed by atoms with Gasteiger partial charge in [0.25, 0.3) is 0 Å². The van der Waals surface area contributed by atoms with Gasteiger partial charge in [0, 0.05) is 7.05 Å². The lowest BCUT2D eigenvalue weighted by Gasteiger charge is -2.35. The van der Waals surface area contributed by atoms with Crippen LogP contribution in [0.5, 0.6) is 0 Å². The van der Waals surface area contributed by atoms with Gasteiger partial charge in [-0.3, -0.25) is 19.8 Å². The third-order valence-corrected chi connectivity index (χ3v) is 3.02. The van der Waals surface area contributed by atoms with Crippen molar-refractivity contribution in [2.24, 2.45) is 11.3 Å². The van der Waals surface area contributed by atoms with Crippen molar-refractivity contribution in [3.05, 3.63) is 0 Å². The minimum Gasteiger partial charge on any atom is -0.277 e. The average molecular weight is 226 g/mol. The molecule has 0 saturated carbocycles. The van der Waals surface area contributed by atoms with Crippen molar-refractivity contribution in [3.8, 4) is 0 Å². The molecule has 1 N–H and O–H groups in total. The number of carbonyl (C=O) groups is 3. The molecule has 1 heterocycles. The van der Waals surface area contributed by atoms with Crippen LogP contribution in [0.2, 0.25) is 0 Å². The van der Waals surface area contributed by atoms with Gasteiger partial charge in [-0.15, -0.1) is 0 Å². The van der Waals surface area contributed by atoms with Gasteiger partial charge in [-0.05, 0) is 25.7 Å². The number of barbiturate groups is 1. The summed E-state index contributed by atoms with van der Waals surface area (Å²) in [5.74, 6) is -0.483. The summed E-state index contributed by atoms with van der Waals surface area (Å²) < 4.78 is 0. The van der Waals surface area contributed by atoms with Crippen molar-refractivity contribution in [2.75, 3.05) is 7.05 Å². The summed E-state index contributed by atoms with van der Waals surface area (Å²) in [4.78, 5) is 35.8. The number of amides is 4. The van der Waals surface area contributed by atoms with Gasteiger partial charge in [0.1, 0.15) is 5.41 Å². The maximum Gasteiger partial charge on any atom is 0.330 e. The highest BCUT2D eigenvalue weighted by molar-refractivity contribution is 6.18. The summed E-state index contributed by atoms with van der Waals surface area (Å²) in [6, 6.07) is -0.642. The fraction of sp³-hybridized carbons (Fsp3) is 0.727. The van der Waals surface area contributed by atoms with Crippen molar-refractivity contribution in [1.29, 1.82) is 0 Å². The van der Waals surface area contributed by atoms with Crippen LogP contribution >= 0.6 is 0 Å². The van der Waals surface area contributed by atoms with E-state index in [9.17, 15) is 14.4 Å². The van der Waals surface area contributed by atoms with Gasteiger partial charge in [-0.25, -0.2) is 4.79 Å². The van der Waals surface area contributed by atoms with Crippen molar-refractivity contribution < 1.29 is 14.4 Å². The van der Waals surface area contributed by atoms with Crippen LogP contribution in [0.4, 0.5) is 4.79 Å². The lowest BCUT2D eigenvalue weighted by Crippen LogP contribution is -2.61. The molecule has 0 bridgehead atoms. The molecule has 5 nitrogen and oxygen atoms in total. The first-order chi connectivity index (χ1) is 7.29. The number of hydrogen-bond donors (Lipinski definition) is 1. The Bertz CT molecular complexity index is 338. The fourth-order valence-corrected chi connectivity index (χ4v) is 1.68. The molecule has 0 aromatic rings. The van der Waals surface area contributed by atoms with Crippen LogP contribution in [0.1, 0.15) is 33.6 Å². The highest BCUT2D eigenvalue weighted by Gasteiger charge is 2.48. The highest BCUT2D eigenvalue weighted by Crippen LogP contribution is 2.30. The van der Waals surface area contributed by atoms with Crippen LogP contribution in [-0.4, -0.2) is 29.8 Å². The molecule has 0 aromatic carbocycles. The zero-order chi connectivity index (χ0) is 12.5. The Kier molecular flexibility index (Phi) is 3.35. The molecular weight excluding hydrogens is 208 g/mol. The molecule has 1 rings (SSSR count). The Balaban J connectivity index is 2.87. The zero-order valence-corrected chi connectivity index (χ0v) is 10.2. The SMILES string of the molecule is CC(C)CCC1(C)C(=O)NC(=O)N(C)C1=O. The highest BCUT2D eigenvalue weighted by atomic mass is 16.2. The normalized spacial score (nSPS) is 26.3. The fourth-order valence-electron chi connectivity index (χ4n) is 1.68. The Labute approximate surface area is 95.2 Å². The summed E-state index contributed by atoms with van der Waals surface area (Å²) in [5, 5.41) is 2.20. The predicted octanol–water partition coefficient (Wildman–Crippen LogP) is 1.14. The van der Waals surface area contributed by atoms with Gasteiger partial charge in [0.2, 0.25) is 11.8 Å². The molecule has 0 aliphatic carbocycles. The smallest absolute Gasteiger partial charge is 0.277 e. The van der Waals surface area contributed by atoms with E-state index in [2.05, 4.69) is 5.32 Å². The Hall–Kier alpha value is -1.39. The molecule has 0 radical (unpaired) electrons. The van der Waals surface area contributed by atoms with Crippen LogP contribution in [0.15, 0.2) is 0 Å². The van der Waals surface area contributed by atoms with E-state index in [1.54, 1.807) is 6.92 Å². The molecule has 1 atom stereocenters. The molecule has 0 aromatic heterocycles. The van der Waals surface area contributed by atoms with Crippen molar-refractivity contribution in [3.63, 3.8) is 0 Å². The Morgan fingerprint density at radius 2 is 1.88 bits per heavy atom. The van der Waals surface area contributed by atoms with Gasteiger partial charge >= 0.3 is 6.03 Å². The first-order valence-electron chi connectivity index (χ1n) is 5.42. The minimum absolute atomic E-state index is 0.415. The quantitative estimate of drug-likeness (QED) is 0.734. The maximum atomic E-state index is 11.9. The van der Waals surface area contributed by atoms with Crippen LogP contribution in [-0.2, 0) is 9.59 Å². The number of carbonyl (C=O) groups excluding carboxylic acids is 3. The van der Waals surface area contributed by atoms with Crippen LogP contribution in [0, 0.1) is 11.3 Å². The molecule has 0 spiro atoms. The second kappa shape index (κ2) is 4.23. The number of hydrogen-bond acceptors (Lipinski definition) is 3. The number of nitrogens with zero attached hydrogens (tertiary/aromatic N) is 1. The van der Waals surface area contributed by atoms with Crippen LogP contribution < -0.4 is 5.32 Å². The molecule has 4 amide bonds. The van der Waals surface area contributed by atoms with Crippen molar-refractivity contribution in [1.82, 2.24) is 10.2 Å². The monoisotopic (exact) mass is 226 g/mol. The molecule has 5 heteroatoms. The standard InChI is InChI=1S/C11H18N2O3/c1-7(2)5-6-11(3)8(14)12-10(16)13(4)9(11)15/h7H,5-6H2,1-4H3,(H,12,14,16). The van der Waals surface area contributed by atoms with Gasteiger partial charge in [-0.1, -0.05) is 13.8 Å². The van der Waals surface area contributed by atoms with Crippen molar-refractivity contribution >= 4 is 17.8 Å². The molecule has 1 unspecified atom stereocenters. The second-order valence-electron chi connectivity index (χ2n) is 4.89. The average Bonchev–Trinajstić information content (AvgIpc) is 2.21. The summed E-state index contributed by atoms with van der Waals surface area (Å²) in [5.41, 5.74) is -1.10. The van der Waals surface area contributed by atoms with E-state index >= 15 is 0 Å². The maximum absolute atomic E-state index is 11.9. The third-order valence-electron chi connectivity index (χ3n) is 3.02. The largest absolute Gasteiger partial charge is 0.330 e. The Morgan fingerprint density at radius 1 is 1.31 bits per heavy atom. The van der Waals surface area contributed by atoms with E-state index in [0.29, 0.717) is 12.3 Å². The third kappa shape index (κ3) is 2.08. The number of nitrogens with one attached hydrogen (secondary N) is 1. The van der Waals surface area contributed by atoms with Crippen LogP contribution in [0.25, 0.3) is 0 Å². The second-order valence-corrected chi connectivity index (χ2v) is 4.89. The molecule has 1 aliphatic rings. The van der Waals surface area contributed by atoms with E-state index in [-0.39, 0.29) is 0 Å². The number of urea groups is 1. The van der Waals surface area contributed by atoms with E-state index in [0.717, 1.165) is 11.3 Å². The summed E-state index contributed by atoms with van der Waals surface area (Å²) in [7, 11) is 1.39. The Morgan fingerprint density at radius 3 is 2.38 bits per heavy atom. The molecule has 16 heavy (non-hydrogen) atoms. The molecule has 1 aliphatic heterocycles. The molecule has 1 fully saturated rings. The van der Waals surface area contributed by atoms with Gasteiger partial charge < -0.3 is 0 Å². The van der Waals surface area contributed by atoms with Crippen molar-refractivity contribution in [2.45, 2.75) is 33.6 Å². The lowest BCUT2D eigenvalue weighted by molar-refractivity contribution is -0.150. The van der Waals surface area contributed by atoms with E-state index in [1.807, 2.05) is 13.8 Å². The summed E-state index contributed by atoms with van der Waals surface area (Å²) >= 11 is 0. The van der Waals surface area contributed by atoms with Crippen LogP contribution in [0.3, 0.4) is 0 Å². The van der Waals surface area contributed by atoms with Gasteiger partial charge in [0.15, 0.2) is 0 Å². The van der Waals surface area contributed by atoms with Gasteiger partial charge in [0.05, 0.1) is 0 Å². The number of imide groups is 2. The molecular formula is C11H18N2O3. The van der Waals surface area contributed by atoms with Gasteiger partial charge in [-0.2, -0.15) is 0 Å². The zero-order valence-electron chi connectivity index (χ0n) is 10.2. The minimum atomic E-state index is -1.10. The topological polar surface area (TPSA) is 66.5 Å². The summed E-state index contributed by atoms with van der Waals surface area (Å²) in [6.07, 6.45) is 1.24. The lowest BCUT2D eigenvalue weighted by atomic mass is 9.80. The van der Waals surface area contributed by atoms with E-state index in [1.165, 1.54) is 7.05 Å². The van der Waals surface area contributed by atoms with E-state index < -0.39 is 23.3 Å². The first-order valence-corrected chi connectivity index (χ1v) is 5.42. The van der Waals surface area contributed by atoms with E-state index in [4.69, 9.17) is 0 Å². The summed E-state index contributed by atoms with van der Waals surface area (Å²) in [6.45, 7) is 5.66. The molecule has 90 valence electrons. The molecule has 1 saturated heterocycles.